The summed E-state index contributed by atoms with van der Waals surface area (Å²) in [6, 6.07) is 9.79. The van der Waals surface area contributed by atoms with Crippen molar-refractivity contribution in [2.75, 3.05) is 44.9 Å². The molecule has 0 saturated heterocycles. The number of Topliss-reactive ketones (excluding diaryl/α,β-unsaturated/α-hetero) is 1. The summed E-state index contributed by atoms with van der Waals surface area (Å²) < 4.78 is 6.29. The van der Waals surface area contributed by atoms with Crippen molar-refractivity contribution in [1.29, 1.82) is 0 Å². The van der Waals surface area contributed by atoms with Crippen LogP contribution in [0.15, 0.2) is 34.8 Å². The Hall–Kier alpha value is -2.38. The van der Waals surface area contributed by atoms with Crippen molar-refractivity contribution < 1.29 is 14.3 Å². The molecule has 0 atom stereocenters. The Balaban J connectivity index is 0.000000269. The molecule has 210 valence electrons. The zero-order valence-electron chi connectivity index (χ0n) is 24.2. The SMILES string of the molecule is CCC1CCC(C(=O)Nc2ccc(C)c(OC)c2)CC1.CCc1c(Br)cc(NCCN(C)C)cc1C(C)=O. The number of hydrogen-bond donors (Lipinski definition) is 2. The standard InChI is InChI=1S/C17H25NO2.C14H21BrN2O/c1-4-13-6-8-14(9-7-13)17(19)18-15-10-5-12(2)16(11-15)20-3;1-5-12-13(10(2)18)8-11(9-14(12)15)16-6-7-17(3)4/h5,10-11,13-14H,4,6-9H2,1-3H3,(H,18,19);8-9,16H,5-7H2,1-4H3. The number of carbonyl (C=O) groups is 2. The molecule has 0 spiro atoms. The first-order valence-electron chi connectivity index (χ1n) is 13.8. The number of carbonyl (C=O) groups excluding carboxylic acids is 2. The number of methoxy groups -OCH3 is 1. The zero-order chi connectivity index (χ0) is 28.2. The number of anilines is 2. The third kappa shape index (κ3) is 9.73. The summed E-state index contributed by atoms with van der Waals surface area (Å²) in [5.74, 6) is 2.08. The minimum absolute atomic E-state index is 0.115. The average molecular weight is 589 g/mol. The van der Waals surface area contributed by atoms with Gasteiger partial charge in [0.25, 0.3) is 0 Å². The van der Waals surface area contributed by atoms with Crippen LogP contribution in [0.1, 0.15) is 74.4 Å². The first kappa shape index (κ1) is 31.8. The van der Waals surface area contributed by atoms with Gasteiger partial charge in [0.05, 0.1) is 7.11 Å². The second-order valence-electron chi connectivity index (χ2n) is 10.4. The average Bonchev–Trinajstić information content (AvgIpc) is 2.89. The van der Waals surface area contributed by atoms with E-state index in [1.54, 1.807) is 14.0 Å². The molecule has 0 bridgehead atoms. The second-order valence-corrected chi connectivity index (χ2v) is 11.3. The third-order valence-corrected chi connectivity index (χ3v) is 7.99. The maximum absolute atomic E-state index is 12.3. The molecule has 0 radical (unpaired) electrons. The van der Waals surface area contributed by atoms with Crippen LogP contribution in [0, 0.1) is 18.8 Å². The lowest BCUT2D eigenvalue weighted by Crippen LogP contribution is -2.27. The summed E-state index contributed by atoms with van der Waals surface area (Å²) in [4.78, 5) is 26.1. The molecule has 0 unspecified atom stereocenters. The van der Waals surface area contributed by atoms with Crippen LogP contribution < -0.4 is 15.4 Å². The normalized spacial score (nSPS) is 16.9. The van der Waals surface area contributed by atoms with Gasteiger partial charge in [-0.05, 0) is 95.3 Å². The van der Waals surface area contributed by atoms with Crippen molar-refractivity contribution in [3.63, 3.8) is 0 Å². The van der Waals surface area contributed by atoms with Crippen molar-refractivity contribution in [2.45, 2.75) is 66.2 Å². The van der Waals surface area contributed by atoms with Crippen LogP contribution in [0.25, 0.3) is 0 Å². The Morgan fingerprint density at radius 2 is 1.74 bits per heavy atom. The number of benzene rings is 2. The molecular weight excluding hydrogens is 542 g/mol. The highest BCUT2D eigenvalue weighted by atomic mass is 79.9. The minimum Gasteiger partial charge on any atom is -0.496 e. The largest absolute Gasteiger partial charge is 0.496 e. The highest BCUT2D eigenvalue weighted by molar-refractivity contribution is 9.10. The Labute approximate surface area is 238 Å². The molecule has 7 heteroatoms. The number of amides is 1. The van der Waals surface area contributed by atoms with E-state index in [0.29, 0.717) is 0 Å². The molecule has 1 fully saturated rings. The van der Waals surface area contributed by atoms with Crippen molar-refractivity contribution in [1.82, 2.24) is 4.90 Å². The van der Waals surface area contributed by atoms with Gasteiger partial charge in [-0.2, -0.15) is 0 Å². The molecule has 0 aromatic heterocycles. The summed E-state index contributed by atoms with van der Waals surface area (Å²) in [6.07, 6.45) is 6.51. The first-order valence-corrected chi connectivity index (χ1v) is 14.6. The summed E-state index contributed by atoms with van der Waals surface area (Å²) in [6.45, 7) is 9.74. The van der Waals surface area contributed by atoms with Gasteiger partial charge in [-0.15, -0.1) is 0 Å². The molecule has 1 aliphatic carbocycles. The van der Waals surface area contributed by atoms with E-state index < -0.39 is 0 Å². The van der Waals surface area contributed by atoms with Crippen LogP contribution in [0.2, 0.25) is 0 Å². The maximum atomic E-state index is 12.3. The lowest BCUT2D eigenvalue weighted by molar-refractivity contribution is -0.121. The third-order valence-electron chi connectivity index (χ3n) is 7.29. The summed E-state index contributed by atoms with van der Waals surface area (Å²) in [5.41, 5.74) is 4.79. The Morgan fingerprint density at radius 3 is 2.29 bits per heavy atom. The topological polar surface area (TPSA) is 70.7 Å². The molecule has 3 rings (SSSR count). The number of ether oxygens (including phenoxy) is 1. The number of ketones is 1. The van der Waals surface area contributed by atoms with Gasteiger partial charge < -0.3 is 20.3 Å². The van der Waals surface area contributed by atoms with E-state index in [0.717, 1.165) is 76.6 Å². The summed E-state index contributed by atoms with van der Waals surface area (Å²) >= 11 is 3.54. The second kappa shape index (κ2) is 15.9. The number of likely N-dealkylation sites (N-methyl/N-ethyl adjacent to an activating group) is 1. The molecule has 38 heavy (non-hydrogen) atoms. The van der Waals surface area contributed by atoms with E-state index in [2.05, 4.69) is 45.3 Å². The van der Waals surface area contributed by atoms with E-state index in [1.165, 1.54) is 19.3 Å². The summed E-state index contributed by atoms with van der Waals surface area (Å²) in [5, 5.41) is 6.37. The van der Waals surface area contributed by atoms with Gasteiger partial charge >= 0.3 is 0 Å². The predicted molar refractivity (Wildman–Crippen MR) is 163 cm³/mol. The number of nitrogens with zero attached hydrogens (tertiary/aromatic N) is 1. The number of hydrogen-bond acceptors (Lipinski definition) is 5. The lowest BCUT2D eigenvalue weighted by Gasteiger charge is -2.27. The van der Waals surface area contributed by atoms with Crippen molar-refractivity contribution in [3.05, 3.63) is 51.5 Å². The molecule has 2 aromatic rings. The van der Waals surface area contributed by atoms with Crippen LogP contribution in [0.4, 0.5) is 11.4 Å². The molecule has 1 aliphatic rings. The maximum Gasteiger partial charge on any atom is 0.227 e. The van der Waals surface area contributed by atoms with Crippen LogP contribution in [-0.2, 0) is 11.2 Å². The Morgan fingerprint density at radius 1 is 1.05 bits per heavy atom. The van der Waals surface area contributed by atoms with E-state index in [-0.39, 0.29) is 17.6 Å². The van der Waals surface area contributed by atoms with Crippen LogP contribution in [0.3, 0.4) is 0 Å². The molecule has 2 aromatic carbocycles. The highest BCUT2D eigenvalue weighted by Crippen LogP contribution is 2.32. The molecule has 0 aliphatic heterocycles. The highest BCUT2D eigenvalue weighted by Gasteiger charge is 2.25. The van der Waals surface area contributed by atoms with Gasteiger partial charge in [0.1, 0.15) is 5.75 Å². The molecule has 2 N–H and O–H groups in total. The van der Waals surface area contributed by atoms with Gasteiger partial charge in [0.2, 0.25) is 5.91 Å². The van der Waals surface area contributed by atoms with Gasteiger partial charge in [0.15, 0.2) is 5.78 Å². The monoisotopic (exact) mass is 587 g/mol. The van der Waals surface area contributed by atoms with E-state index in [4.69, 9.17) is 4.74 Å². The van der Waals surface area contributed by atoms with Crippen LogP contribution >= 0.6 is 15.9 Å². The molecule has 1 amide bonds. The lowest BCUT2D eigenvalue weighted by atomic mass is 9.80. The number of halogens is 1. The van der Waals surface area contributed by atoms with E-state index >= 15 is 0 Å². The fourth-order valence-electron chi connectivity index (χ4n) is 4.81. The smallest absolute Gasteiger partial charge is 0.227 e. The predicted octanol–water partition coefficient (Wildman–Crippen LogP) is 7.35. The molecule has 6 nitrogen and oxygen atoms in total. The number of rotatable bonds is 10. The fourth-order valence-corrected chi connectivity index (χ4v) is 5.55. The Kier molecular flexibility index (Phi) is 13.3. The van der Waals surface area contributed by atoms with Gasteiger partial charge in [-0.1, -0.05) is 42.3 Å². The van der Waals surface area contributed by atoms with Gasteiger partial charge in [-0.25, -0.2) is 0 Å². The van der Waals surface area contributed by atoms with Gasteiger partial charge in [-0.3, -0.25) is 9.59 Å². The van der Waals surface area contributed by atoms with Crippen LogP contribution in [0.5, 0.6) is 5.75 Å². The summed E-state index contributed by atoms with van der Waals surface area (Å²) in [7, 11) is 5.73. The zero-order valence-corrected chi connectivity index (χ0v) is 25.8. The first-order chi connectivity index (χ1) is 18.1. The van der Waals surface area contributed by atoms with Crippen molar-refractivity contribution >= 4 is 39.0 Å². The van der Waals surface area contributed by atoms with E-state index in [1.807, 2.05) is 51.4 Å². The number of nitrogens with one attached hydrogen (secondary N) is 2. The quantitative estimate of drug-likeness (QED) is 0.284. The fraction of sp³-hybridized carbons (Fsp3) is 0.548. The Bertz CT molecular complexity index is 1060. The van der Waals surface area contributed by atoms with Crippen LogP contribution in [-0.4, -0.2) is 50.9 Å². The van der Waals surface area contributed by atoms with Crippen molar-refractivity contribution in [2.24, 2.45) is 11.8 Å². The molecule has 1 saturated carbocycles. The minimum atomic E-state index is 0.115. The molecular formula is C31H46BrN3O3. The number of aryl methyl sites for hydroxylation is 1. The van der Waals surface area contributed by atoms with Crippen molar-refractivity contribution in [3.8, 4) is 5.75 Å². The van der Waals surface area contributed by atoms with E-state index in [9.17, 15) is 9.59 Å². The van der Waals surface area contributed by atoms with Gasteiger partial charge in [0, 0.05) is 46.5 Å². The molecule has 0 heterocycles.